The maximum absolute atomic E-state index is 11.9. The van der Waals surface area contributed by atoms with Crippen molar-refractivity contribution < 1.29 is 4.79 Å². The van der Waals surface area contributed by atoms with Gasteiger partial charge in [0, 0.05) is 25.0 Å². The Morgan fingerprint density at radius 3 is 3.06 bits per heavy atom. The number of thiophene rings is 1. The smallest absolute Gasteiger partial charge is 0.261 e. The van der Waals surface area contributed by atoms with Gasteiger partial charge in [-0.05, 0) is 30.9 Å². The van der Waals surface area contributed by atoms with Crippen LogP contribution >= 0.6 is 11.3 Å². The number of amides is 1. The Balaban J connectivity index is 1.93. The first-order valence-corrected chi connectivity index (χ1v) is 6.35. The van der Waals surface area contributed by atoms with Crippen molar-refractivity contribution in [2.45, 2.75) is 26.4 Å². The third kappa shape index (κ3) is 2.94. The standard InChI is InChI=1S/C12H15N3OS/c1-9-3-6-17-11(9)12(16)14-10(2)7-15-5-4-13-8-15/h3-6,8,10H,7H2,1-2H3,(H,14,16). The average molecular weight is 249 g/mol. The van der Waals surface area contributed by atoms with Crippen LogP contribution in [0.4, 0.5) is 0 Å². The molecule has 90 valence electrons. The molecule has 1 N–H and O–H groups in total. The van der Waals surface area contributed by atoms with Crippen molar-refractivity contribution >= 4 is 17.2 Å². The van der Waals surface area contributed by atoms with Gasteiger partial charge in [0.1, 0.15) is 0 Å². The van der Waals surface area contributed by atoms with Gasteiger partial charge in [-0.1, -0.05) is 0 Å². The van der Waals surface area contributed by atoms with Crippen LogP contribution in [0.15, 0.2) is 30.2 Å². The van der Waals surface area contributed by atoms with Gasteiger partial charge in [-0.15, -0.1) is 11.3 Å². The van der Waals surface area contributed by atoms with E-state index in [9.17, 15) is 4.79 Å². The summed E-state index contributed by atoms with van der Waals surface area (Å²) < 4.78 is 1.95. The van der Waals surface area contributed by atoms with E-state index in [1.54, 1.807) is 12.5 Å². The Kier molecular flexibility index (Phi) is 3.58. The molecule has 4 nitrogen and oxygen atoms in total. The Bertz CT molecular complexity index is 490. The van der Waals surface area contributed by atoms with Gasteiger partial charge in [-0.25, -0.2) is 4.98 Å². The van der Waals surface area contributed by atoms with Crippen LogP contribution in [0.5, 0.6) is 0 Å². The number of nitrogens with one attached hydrogen (secondary N) is 1. The zero-order valence-corrected chi connectivity index (χ0v) is 10.7. The van der Waals surface area contributed by atoms with Crippen molar-refractivity contribution in [3.05, 3.63) is 40.6 Å². The SMILES string of the molecule is Cc1ccsc1C(=O)NC(C)Cn1ccnc1. The zero-order valence-electron chi connectivity index (χ0n) is 9.88. The van der Waals surface area contributed by atoms with E-state index in [4.69, 9.17) is 0 Å². The second-order valence-electron chi connectivity index (χ2n) is 4.07. The molecule has 2 rings (SSSR count). The number of carbonyl (C=O) groups excluding carboxylic acids is 1. The number of hydrogen-bond donors (Lipinski definition) is 1. The molecule has 1 unspecified atom stereocenters. The summed E-state index contributed by atoms with van der Waals surface area (Å²) in [6, 6.07) is 2.04. The van der Waals surface area contributed by atoms with Crippen molar-refractivity contribution in [3.63, 3.8) is 0 Å². The van der Waals surface area contributed by atoms with Crippen LogP contribution in [-0.2, 0) is 6.54 Å². The summed E-state index contributed by atoms with van der Waals surface area (Å²) in [4.78, 5) is 16.7. The predicted octanol–water partition coefficient (Wildman–Crippen LogP) is 2.07. The summed E-state index contributed by atoms with van der Waals surface area (Å²) in [5.74, 6) is 0.00474. The fourth-order valence-corrected chi connectivity index (χ4v) is 2.48. The summed E-state index contributed by atoms with van der Waals surface area (Å²) in [6.45, 7) is 4.67. The van der Waals surface area contributed by atoms with Crippen LogP contribution in [0.25, 0.3) is 0 Å². The molecule has 0 radical (unpaired) electrons. The summed E-state index contributed by atoms with van der Waals surface area (Å²) >= 11 is 1.48. The van der Waals surface area contributed by atoms with Crippen LogP contribution in [0.2, 0.25) is 0 Å². The van der Waals surface area contributed by atoms with Gasteiger partial charge in [0.25, 0.3) is 5.91 Å². The molecule has 17 heavy (non-hydrogen) atoms. The normalized spacial score (nSPS) is 12.4. The number of imidazole rings is 1. The minimum atomic E-state index is 0.00474. The number of aromatic nitrogens is 2. The lowest BCUT2D eigenvalue weighted by Crippen LogP contribution is -2.35. The number of aryl methyl sites for hydroxylation is 1. The fraction of sp³-hybridized carbons (Fsp3) is 0.333. The summed E-state index contributed by atoms with van der Waals surface area (Å²) in [6.07, 6.45) is 5.37. The molecule has 0 spiro atoms. The van der Waals surface area contributed by atoms with Gasteiger partial charge >= 0.3 is 0 Å². The maximum Gasteiger partial charge on any atom is 0.261 e. The molecule has 2 aromatic rings. The molecule has 0 aliphatic heterocycles. The molecule has 0 aromatic carbocycles. The first-order valence-electron chi connectivity index (χ1n) is 5.47. The molecule has 0 bridgehead atoms. The minimum absolute atomic E-state index is 0.00474. The predicted molar refractivity (Wildman–Crippen MR) is 68.2 cm³/mol. The van der Waals surface area contributed by atoms with Gasteiger partial charge in [0.05, 0.1) is 11.2 Å². The Hall–Kier alpha value is -1.62. The van der Waals surface area contributed by atoms with E-state index >= 15 is 0 Å². The van der Waals surface area contributed by atoms with E-state index in [1.807, 2.05) is 36.1 Å². The lowest BCUT2D eigenvalue weighted by molar-refractivity contribution is 0.0940. The van der Waals surface area contributed by atoms with Crippen molar-refractivity contribution in [2.75, 3.05) is 0 Å². The second-order valence-corrected chi connectivity index (χ2v) is 4.98. The second kappa shape index (κ2) is 5.14. The van der Waals surface area contributed by atoms with Crippen LogP contribution in [0.3, 0.4) is 0 Å². The molecule has 1 amide bonds. The summed E-state index contributed by atoms with van der Waals surface area (Å²) in [7, 11) is 0. The minimum Gasteiger partial charge on any atom is -0.347 e. The monoisotopic (exact) mass is 249 g/mol. The van der Waals surface area contributed by atoms with Gasteiger partial charge in [0.15, 0.2) is 0 Å². The third-order valence-corrected chi connectivity index (χ3v) is 3.50. The first kappa shape index (κ1) is 11.9. The van der Waals surface area contributed by atoms with E-state index in [0.717, 1.165) is 17.0 Å². The average Bonchev–Trinajstić information content (AvgIpc) is 2.88. The van der Waals surface area contributed by atoms with E-state index in [0.29, 0.717) is 0 Å². The lowest BCUT2D eigenvalue weighted by atomic mass is 10.2. The number of carbonyl (C=O) groups is 1. The Morgan fingerprint density at radius 1 is 1.65 bits per heavy atom. The maximum atomic E-state index is 11.9. The van der Waals surface area contributed by atoms with E-state index in [-0.39, 0.29) is 11.9 Å². The molecular weight excluding hydrogens is 234 g/mol. The highest BCUT2D eigenvalue weighted by molar-refractivity contribution is 7.12. The van der Waals surface area contributed by atoms with Crippen LogP contribution in [0, 0.1) is 6.92 Å². The van der Waals surface area contributed by atoms with Gasteiger partial charge in [0.2, 0.25) is 0 Å². The van der Waals surface area contributed by atoms with Crippen molar-refractivity contribution in [3.8, 4) is 0 Å². The van der Waals surface area contributed by atoms with Crippen molar-refractivity contribution in [1.29, 1.82) is 0 Å². The van der Waals surface area contributed by atoms with E-state index in [1.165, 1.54) is 11.3 Å². The highest BCUT2D eigenvalue weighted by Crippen LogP contribution is 2.15. The largest absolute Gasteiger partial charge is 0.347 e. The van der Waals surface area contributed by atoms with Crippen LogP contribution < -0.4 is 5.32 Å². The number of rotatable bonds is 4. The lowest BCUT2D eigenvalue weighted by Gasteiger charge is -2.14. The number of nitrogens with zero attached hydrogens (tertiary/aromatic N) is 2. The van der Waals surface area contributed by atoms with Crippen molar-refractivity contribution in [2.24, 2.45) is 0 Å². The molecule has 1 atom stereocenters. The molecule has 2 heterocycles. The Labute approximate surface area is 104 Å². The highest BCUT2D eigenvalue weighted by atomic mass is 32.1. The van der Waals surface area contributed by atoms with Gasteiger partial charge in [-0.2, -0.15) is 0 Å². The molecule has 0 aliphatic rings. The van der Waals surface area contributed by atoms with Crippen molar-refractivity contribution in [1.82, 2.24) is 14.9 Å². The molecule has 0 saturated heterocycles. The molecule has 0 fully saturated rings. The quantitative estimate of drug-likeness (QED) is 0.901. The molecule has 5 heteroatoms. The summed E-state index contributed by atoms with van der Waals surface area (Å²) in [5, 5.41) is 4.92. The first-order chi connectivity index (χ1) is 8.16. The molecule has 0 saturated carbocycles. The highest BCUT2D eigenvalue weighted by Gasteiger charge is 2.13. The topological polar surface area (TPSA) is 46.9 Å². The van der Waals surface area contributed by atoms with Gasteiger partial charge in [-0.3, -0.25) is 4.79 Å². The van der Waals surface area contributed by atoms with Crippen LogP contribution in [-0.4, -0.2) is 21.5 Å². The Morgan fingerprint density at radius 2 is 2.47 bits per heavy atom. The van der Waals surface area contributed by atoms with E-state index < -0.39 is 0 Å². The number of hydrogen-bond acceptors (Lipinski definition) is 3. The third-order valence-electron chi connectivity index (χ3n) is 2.49. The van der Waals surface area contributed by atoms with Crippen LogP contribution in [0.1, 0.15) is 22.2 Å². The van der Waals surface area contributed by atoms with Gasteiger partial charge < -0.3 is 9.88 Å². The molecular formula is C12H15N3OS. The summed E-state index contributed by atoms with van der Waals surface area (Å²) in [5.41, 5.74) is 1.03. The molecule has 2 aromatic heterocycles. The fourth-order valence-electron chi connectivity index (χ4n) is 1.65. The molecule has 0 aliphatic carbocycles. The zero-order chi connectivity index (χ0) is 12.3. The van der Waals surface area contributed by atoms with E-state index in [2.05, 4.69) is 10.3 Å².